The predicted octanol–water partition coefficient (Wildman–Crippen LogP) is 2.16. The zero-order valence-corrected chi connectivity index (χ0v) is 19.0. The van der Waals surface area contributed by atoms with Crippen LogP contribution in [0, 0.1) is 0 Å². The van der Waals surface area contributed by atoms with Crippen LogP contribution >= 0.6 is 0 Å². The molecule has 3 aliphatic rings. The van der Waals surface area contributed by atoms with E-state index in [1.165, 1.54) is 0 Å². The number of fused-ring (bicyclic) bond motifs is 1. The first-order valence-electron chi connectivity index (χ1n) is 10.8. The molecule has 1 aromatic rings. The second-order valence-corrected chi connectivity index (χ2v) is 9.69. The van der Waals surface area contributed by atoms with Gasteiger partial charge in [0.15, 0.2) is 0 Å². The number of rotatable bonds is 4. The van der Waals surface area contributed by atoms with Crippen molar-refractivity contribution in [2.75, 3.05) is 33.2 Å². The van der Waals surface area contributed by atoms with Crippen LogP contribution in [0.15, 0.2) is 35.5 Å². The third kappa shape index (κ3) is 4.29. The van der Waals surface area contributed by atoms with Crippen LogP contribution in [0.4, 0.5) is 4.79 Å². The lowest BCUT2D eigenvalue weighted by molar-refractivity contribution is -0.118. The lowest BCUT2D eigenvalue weighted by Crippen LogP contribution is -2.50. The molecule has 2 fully saturated rings. The molecule has 4 rings (SSSR count). The fourth-order valence-corrected chi connectivity index (χ4v) is 4.26. The molecule has 0 bridgehead atoms. The molecule has 0 aromatic heterocycles. The van der Waals surface area contributed by atoms with Crippen molar-refractivity contribution in [3.05, 3.63) is 46.7 Å². The number of carbonyl (C=O) groups is 3. The Morgan fingerprint density at radius 3 is 2.47 bits per heavy atom. The van der Waals surface area contributed by atoms with Crippen LogP contribution in [0.25, 0.3) is 0 Å². The topological polar surface area (TPSA) is 102 Å². The van der Waals surface area contributed by atoms with Gasteiger partial charge in [0.1, 0.15) is 5.60 Å². The molecular weight excluding hydrogens is 412 g/mol. The fourth-order valence-electron chi connectivity index (χ4n) is 4.26. The molecule has 1 aliphatic carbocycles. The first-order chi connectivity index (χ1) is 15.0. The van der Waals surface area contributed by atoms with Crippen molar-refractivity contribution in [3.63, 3.8) is 0 Å². The van der Waals surface area contributed by atoms with E-state index in [2.05, 4.69) is 5.32 Å². The molecule has 2 amide bonds. The van der Waals surface area contributed by atoms with Gasteiger partial charge >= 0.3 is 12.1 Å². The number of benzene rings is 1. The Labute approximate surface area is 187 Å². The molecule has 1 saturated heterocycles. The molecule has 1 aromatic carbocycles. The number of hydrazine groups is 1. The lowest BCUT2D eigenvalue weighted by Gasteiger charge is -2.38. The zero-order chi connectivity index (χ0) is 23.3. The van der Waals surface area contributed by atoms with E-state index in [1.54, 1.807) is 23.1 Å². The molecule has 2 heterocycles. The summed E-state index contributed by atoms with van der Waals surface area (Å²) in [5, 5.41) is 16.5. The van der Waals surface area contributed by atoms with E-state index < -0.39 is 17.1 Å². The first kappa shape index (κ1) is 22.1. The standard InChI is InChI=1S/C23H30N4O5/c1-22(2,3)32-21(31)26-10-11-27-18(14-26)17(13-25(27)4)19(28)24-23(8-9-23)16-7-5-6-15(12-16)20(29)30/h5-7,12H,8-11,13-14H2,1-4H3,(H,24,28)(H,29,30). The number of carboxylic acid groups (broad SMARTS) is 1. The van der Waals surface area contributed by atoms with Gasteiger partial charge in [0.2, 0.25) is 0 Å². The number of hydrogen-bond acceptors (Lipinski definition) is 6. The Morgan fingerprint density at radius 2 is 1.84 bits per heavy atom. The van der Waals surface area contributed by atoms with Crippen LogP contribution in [0.2, 0.25) is 0 Å². The third-order valence-electron chi connectivity index (χ3n) is 6.07. The number of ether oxygens (including phenoxy) is 1. The number of carboxylic acids is 1. The number of nitrogens with one attached hydrogen (secondary N) is 1. The van der Waals surface area contributed by atoms with Crippen molar-refractivity contribution in [2.45, 2.75) is 44.8 Å². The number of nitrogens with zero attached hydrogens (tertiary/aromatic N) is 3. The largest absolute Gasteiger partial charge is 0.478 e. The van der Waals surface area contributed by atoms with Crippen molar-refractivity contribution in [1.29, 1.82) is 0 Å². The highest BCUT2D eigenvalue weighted by atomic mass is 16.6. The van der Waals surface area contributed by atoms with E-state index in [9.17, 15) is 19.5 Å². The molecular formula is C23H30N4O5. The van der Waals surface area contributed by atoms with E-state index in [0.29, 0.717) is 31.8 Å². The molecule has 9 nitrogen and oxygen atoms in total. The van der Waals surface area contributed by atoms with Gasteiger partial charge in [-0.2, -0.15) is 0 Å². The van der Waals surface area contributed by atoms with Gasteiger partial charge in [-0.25, -0.2) is 14.6 Å². The van der Waals surface area contributed by atoms with Gasteiger partial charge < -0.3 is 25.1 Å². The number of carbonyl (C=O) groups excluding carboxylic acids is 2. The minimum absolute atomic E-state index is 0.182. The molecule has 2 aliphatic heterocycles. The van der Waals surface area contributed by atoms with E-state index in [1.807, 2.05) is 43.9 Å². The average molecular weight is 443 g/mol. The molecule has 172 valence electrons. The highest BCUT2D eigenvalue weighted by molar-refractivity contribution is 5.96. The van der Waals surface area contributed by atoms with E-state index in [0.717, 1.165) is 24.1 Å². The number of likely N-dealkylation sites (N-methyl/N-ethyl adjacent to an activating group) is 1. The molecule has 0 unspecified atom stereocenters. The Bertz CT molecular complexity index is 992. The smallest absolute Gasteiger partial charge is 0.410 e. The third-order valence-corrected chi connectivity index (χ3v) is 6.07. The van der Waals surface area contributed by atoms with Crippen LogP contribution in [0.1, 0.15) is 49.5 Å². The van der Waals surface area contributed by atoms with E-state index in [4.69, 9.17) is 4.74 Å². The van der Waals surface area contributed by atoms with E-state index in [-0.39, 0.29) is 17.6 Å². The van der Waals surface area contributed by atoms with Gasteiger partial charge in [-0.1, -0.05) is 12.1 Å². The highest BCUT2D eigenvalue weighted by Gasteiger charge is 2.47. The maximum atomic E-state index is 13.3. The minimum atomic E-state index is -0.989. The quantitative estimate of drug-likeness (QED) is 0.737. The summed E-state index contributed by atoms with van der Waals surface area (Å²) < 4.78 is 5.51. The van der Waals surface area contributed by atoms with Crippen LogP contribution in [0.3, 0.4) is 0 Å². The number of aromatic carboxylic acids is 1. The number of piperazine rings is 1. The molecule has 0 spiro atoms. The van der Waals surface area contributed by atoms with Crippen LogP contribution in [-0.2, 0) is 15.1 Å². The van der Waals surface area contributed by atoms with Crippen molar-refractivity contribution in [3.8, 4) is 0 Å². The van der Waals surface area contributed by atoms with Crippen molar-refractivity contribution in [1.82, 2.24) is 20.2 Å². The van der Waals surface area contributed by atoms with Gasteiger partial charge in [-0.15, -0.1) is 0 Å². The van der Waals surface area contributed by atoms with E-state index >= 15 is 0 Å². The second-order valence-electron chi connectivity index (χ2n) is 9.69. The summed E-state index contributed by atoms with van der Waals surface area (Å²) in [5.74, 6) is -1.17. The Morgan fingerprint density at radius 1 is 1.12 bits per heavy atom. The Hall–Kier alpha value is -3.07. The summed E-state index contributed by atoms with van der Waals surface area (Å²) in [4.78, 5) is 38.9. The highest BCUT2D eigenvalue weighted by Crippen LogP contribution is 2.46. The van der Waals surface area contributed by atoms with Gasteiger partial charge in [0.05, 0.1) is 42.0 Å². The summed E-state index contributed by atoms with van der Waals surface area (Å²) in [6, 6.07) is 6.74. The zero-order valence-electron chi connectivity index (χ0n) is 19.0. The van der Waals surface area contributed by atoms with Crippen molar-refractivity contribution in [2.24, 2.45) is 0 Å². The average Bonchev–Trinajstić information content (AvgIpc) is 3.43. The summed E-state index contributed by atoms with van der Waals surface area (Å²) in [5.41, 5.74) is 1.31. The second kappa shape index (κ2) is 7.81. The monoisotopic (exact) mass is 442 g/mol. The summed E-state index contributed by atoms with van der Waals surface area (Å²) >= 11 is 0. The van der Waals surface area contributed by atoms with Crippen LogP contribution < -0.4 is 5.32 Å². The van der Waals surface area contributed by atoms with Crippen molar-refractivity contribution >= 4 is 18.0 Å². The lowest BCUT2D eigenvalue weighted by atomic mass is 10.0. The molecule has 0 radical (unpaired) electrons. The summed E-state index contributed by atoms with van der Waals surface area (Å²) in [6.45, 7) is 7.36. The van der Waals surface area contributed by atoms with Crippen LogP contribution in [0.5, 0.6) is 0 Å². The summed E-state index contributed by atoms with van der Waals surface area (Å²) in [7, 11) is 1.92. The SMILES string of the molecule is CN1CC(C(=O)NC2(c3cccc(C(=O)O)c3)CC2)=C2CN(C(=O)OC(C)(C)C)CCN21. The Kier molecular flexibility index (Phi) is 5.40. The van der Waals surface area contributed by atoms with Gasteiger partial charge in [-0.3, -0.25) is 4.79 Å². The maximum absolute atomic E-state index is 13.3. The minimum Gasteiger partial charge on any atom is -0.478 e. The van der Waals surface area contributed by atoms with Gasteiger partial charge in [0.25, 0.3) is 5.91 Å². The van der Waals surface area contributed by atoms with Crippen molar-refractivity contribution < 1.29 is 24.2 Å². The number of amides is 2. The fraction of sp³-hybridized carbons (Fsp3) is 0.522. The molecule has 9 heteroatoms. The van der Waals surface area contributed by atoms with Gasteiger partial charge in [0, 0.05) is 13.6 Å². The molecule has 32 heavy (non-hydrogen) atoms. The predicted molar refractivity (Wildman–Crippen MR) is 117 cm³/mol. The van der Waals surface area contributed by atoms with Crippen LogP contribution in [-0.4, -0.2) is 76.8 Å². The molecule has 1 saturated carbocycles. The first-order valence-corrected chi connectivity index (χ1v) is 10.8. The Balaban J connectivity index is 1.53. The maximum Gasteiger partial charge on any atom is 0.410 e. The van der Waals surface area contributed by atoms with Gasteiger partial charge in [-0.05, 0) is 51.3 Å². The molecule has 2 N–H and O–H groups in total. The molecule has 0 atom stereocenters. The summed E-state index contributed by atoms with van der Waals surface area (Å²) in [6.07, 6.45) is 1.13. The number of hydrogen-bond donors (Lipinski definition) is 2. The normalized spacial score (nSPS) is 20.1.